The Labute approximate surface area is 129 Å². The number of fused-ring (bicyclic) bond motifs is 1. The van der Waals surface area contributed by atoms with E-state index in [9.17, 15) is 0 Å². The molecule has 0 fully saturated rings. The molecule has 0 radical (unpaired) electrons. The molecule has 0 atom stereocenters. The first kappa shape index (κ1) is 13.8. The maximum absolute atomic E-state index is 6.00. The lowest BCUT2D eigenvalue weighted by molar-refractivity contribution is 0.890. The van der Waals surface area contributed by atoms with E-state index in [-0.39, 0.29) is 11.3 Å². The van der Waals surface area contributed by atoms with E-state index in [2.05, 4.69) is 53.4 Å². The molecule has 0 amide bonds. The van der Waals surface area contributed by atoms with Crippen LogP contribution in [0.4, 0.5) is 5.82 Å². The van der Waals surface area contributed by atoms with Gasteiger partial charge in [-0.1, -0.05) is 36.4 Å². The van der Waals surface area contributed by atoms with E-state index >= 15 is 0 Å². The molecular formula is C17H16ClN3. The molecule has 0 unspecified atom stereocenters. The van der Waals surface area contributed by atoms with Crippen LogP contribution in [-0.2, 0) is 0 Å². The maximum atomic E-state index is 6.00. The summed E-state index contributed by atoms with van der Waals surface area (Å²) < 4.78 is 0. The first-order valence-electron chi connectivity index (χ1n) is 6.93. The van der Waals surface area contributed by atoms with Gasteiger partial charge in [-0.25, -0.2) is 9.97 Å². The van der Waals surface area contributed by atoms with Crippen LogP contribution in [0.25, 0.3) is 22.0 Å². The third-order valence-electron chi connectivity index (χ3n) is 3.20. The molecule has 106 valence electrons. The number of nitrogens with zero attached hydrogens (tertiary/aromatic N) is 2. The van der Waals surface area contributed by atoms with Gasteiger partial charge in [-0.05, 0) is 48.7 Å². The Morgan fingerprint density at radius 1 is 0.952 bits per heavy atom. The standard InChI is InChI=1S/C17H16ClN3/c1-11(2)19-16-14-10-13(12-6-4-3-5-7-12)8-9-15(14)20-17(18)21-16/h3-11H,1-2H3,(H,19,20,21). The Morgan fingerprint density at radius 2 is 1.71 bits per heavy atom. The number of anilines is 1. The van der Waals surface area contributed by atoms with E-state index in [0.717, 1.165) is 22.3 Å². The third-order valence-corrected chi connectivity index (χ3v) is 3.37. The highest BCUT2D eigenvalue weighted by atomic mass is 35.5. The fourth-order valence-electron chi connectivity index (χ4n) is 2.29. The second kappa shape index (κ2) is 5.70. The molecule has 0 spiro atoms. The molecule has 0 bridgehead atoms. The average molecular weight is 298 g/mol. The van der Waals surface area contributed by atoms with Crippen molar-refractivity contribution in [3.05, 3.63) is 53.8 Å². The first-order chi connectivity index (χ1) is 10.1. The summed E-state index contributed by atoms with van der Waals surface area (Å²) in [4.78, 5) is 8.61. The fourth-order valence-corrected chi connectivity index (χ4v) is 2.47. The average Bonchev–Trinajstić information content (AvgIpc) is 2.47. The van der Waals surface area contributed by atoms with E-state index in [1.165, 1.54) is 5.56 Å². The van der Waals surface area contributed by atoms with Crippen LogP contribution in [0.2, 0.25) is 5.28 Å². The van der Waals surface area contributed by atoms with E-state index in [0.29, 0.717) is 0 Å². The summed E-state index contributed by atoms with van der Waals surface area (Å²) in [6.45, 7) is 4.14. The third kappa shape index (κ3) is 2.98. The number of hydrogen-bond acceptors (Lipinski definition) is 3. The Morgan fingerprint density at radius 3 is 2.43 bits per heavy atom. The summed E-state index contributed by atoms with van der Waals surface area (Å²) in [5, 5.41) is 4.57. The second-order valence-corrected chi connectivity index (χ2v) is 5.58. The molecular weight excluding hydrogens is 282 g/mol. The van der Waals surface area contributed by atoms with Gasteiger partial charge in [-0.3, -0.25) is 0 Å². The van der Waals surface area contributed by atoms with Crippen molar-refractivity contribution < 1.29 is 0 Å². The van der Waals surface area contributed by atoms with Crippen LogP contribution in [0.3, 0.4) is 0 Å². The summed E-state index contributed by atoms with van der Waals surface area (Å²) in [5.41, 5.74) is 3.16. The van der Waals surface area contributed by atoms with Gasteiger partial charge in [-0.15, -0.1) is 0 Å². The first-order valence-corrected chi connectivity index (χ1v) is 7.30. The molecule has 0 saturated heterocycles. The SMILES string of the molecule is CC(C)Nc1nc(Cl)nc2ccc(-c3ccccc3)cc12. The van der Waals surface area contributed by atoms with E-state index in [4.69, 9.17) is 11.6 Å². The minimum atomic E-state index is 0.262. The van der Waals surface area contributed by atoms with E-state index < -0.39 is 0 Å². The molecule has 1 heterocycles. The van der Waals surface area contributed by atoms with Crippen LogP contribution < -0.4 is 5.32 Å². The summed E-state index contributed by atoms with van der Waals surface area (Å²) in [6, 6.07) is 16.7. The van der Waals surface area contributed by atoms with Gasteiger partial charge in [0.15, 0.2) is 0 Å². The van der Waals surface area contributed by atoms with Crippen molar-refractivity contribution in [2.45, 2.75) is 19.9 Å². The van der Waals surface area contributed by atoms with Crippen LogP contribution in [0.5, 0.6) is 0 Å². The molecule has 1 N–H and O–H groups in total. The zero-order valence-electron chi connectivity index (χ0n) is 12.0. The Kier molecular flexibility index (Phi) is 3.76. The minimum absolute atomic E-state index is 0.262. The van der Waals surface area contributed by atoms with Gasteiger partial charge in [-0.2, -0.15) is 0 Å². The molecule has 0 aliphatic heterocycles. The molecule has 1 aromatic heterocycles. The van der Waals surface area contributed by atoms with Gasteiger partial charge >= 0.3 is 0 Å². The molecule has 4 heteroatoms. The van der Waals surface area contributed by atoms with Crippen LogP contribution in [0, 0.1) is 0 Å². The number of benzene rings is 2. The number of aromatic nitrogens is 2. The van der Waals surface area contributed by atoms with Crippen LogP contribution >= 0.6 is 11.6 Å². The zero-order chi connectivity index (χ0) is 14.8. The van der Waals surface area contributed by atoms with Crippen molar-refractivity contribution in [3.8, 4) is 11.1 Å². The van der Waals surface area contributed by atoms with Gasteiger partial charge in [0.05, 0.1) is 5.52 Å². The molecule has 2 aromatic carbocycles. The van der Waals surface area contributed by atoms with Gasteiger partial charge in [0.2, 0.25) is 5.28 Å². The van der Waals surface area contributed by atoms with Crippen molar-refractivity contribution in [1.82, 2.24) is 9.97 Å². The molecule has 0 saturated carbocycles. The van der Waals surface area contributed by atoms with Crippen molar-refractivity contribution in [3.63, 3.8) is 0 Å². The molecule has 21 heavy (non-hydrogen) atoms. The number of rotatable bonds is 3. The highest BCUT2D eigenvalue weighted by Gasteiger charge is 2.09. The monoisotopic (exact) mass is 297 g/mol. The summed E-state index contributed by atoms with van der Waals surface area (Å²) in [5.74, 6) is 0.776. The molecule has 3 aromatic rings. The predicted molar refractivity (Wildman–Crippen MR) is 88.7 cm³/mol. The second-order valence-electron chi connectivity index (χ2n) is 5.24. The van der Waals surface area contributed by atoms with Gasteiger partial charge in [0, 0.05) is 11.4 Å². The van der Waals surface area contributed by atoms with Crippen molar-refractivity contribution in [2.75, 3.05) is 5.32 Å². The smallest absolute Gasteiger partial charge is 0.224 e. The lowest BCUT2D eigenvalue weighted by Crippen LogP contribution is -2.11. The Bertz CT molecular complexity index is 770. The van der Waals surface area contributed by atoms with Crippen molar-refractivity contribution in [2.24, 2.45) is 0 Å². The largest absolute Gasteiger partial charge is 0.367 e. The van der Waals surface area contributed by atoms with Gasteiger partial charge < -0.3 is 5.32 Å². The van der Waals surface area contributed by atoms with Crippen LogP contribution in [0.15, 0.2) is 48.5 Å². The van der Waals surface area contributed by atoms with E-state index in [1.54, 1.807) is 0 Å². The lowest BCUT2D eigenvalue weighted by atomic mass is 10.0. The highest BCUT2D eigenvalue weighted by Crippen LogP contribution is 2.28. The zero-order valence-corrected chi connectivity index (χ0v) is 12.7. The van der Waals surface area contributed by atoms with Crippen LogP contribution in [0.1, 0.15) is 13.8 Å². The minimum Gasteiger partial charge on any atom is -0.367 e. The van der Waals surface area contributed by atoms with Gasteiger partial charge in [0.25, 0.3) is 0 Å². The summed E-state index contributed by atoms with van der Waals surface area (Å²) >= 11 is 6.00. The molecule has 3 rings (SSSR count). The maximum Gasteiger partial charge on any atom is 0.224 e. The molecule has 3 nitrogen and oxygen atoms in total. The van der Waals surface area contributed by atoms with Crippen LogP contribution in [-0.4, -0.2) is 16.0 Å². The fraction of sp³-hybridized carbons (Fsp3) is 0.176. The number of nitrogens with one attached hydrogen (secondary N) is 1. The molecule has 0 aliphatic rings. The summed E-state index contributed by atoms with van der Waals surface area (Å²) in [6.07, 6.45) is 0. The predicted octanol–water partition coefficient (Wildman–Crippen LogP) is 4.77. The number of hydrogen-bond donors (Lipinski definition) is 1. The quantitative estimate of drug-likeness (QED) is 0.708. The Balaban J connectivity index is 2.17. The topological polar surface area (TPSA) is 37.8 Å². The van der Waals surface area contributed by atoms with Crippen molar-refractivity contribution in [1.29, 1.82) is 0 Å². The Hall–Kier alpha value is -2.13. The normalized spacial score (nSPS) is 11.0. The van der Waals surface area contributed by atoms with E-state index in [1.807, 2.05) is 24.3 Å². The van der Waals surface area contributed by atoms with Gasteiger partial charge in [0.1, 0.15) is 5.82 Å². The number of halogens is 1. The lowest BCUT2D eigenvalue weighted by Gasteiger charge is -2.12. The molecule has 0 aliphatic carbocycles. The van der Waals surface area contributed by atoms with Crippen molar-refractivity contribution >= 4 is 28.3 Å². The highest BCUT2D eigenvalue weighted by molar-refractivity contribution is 6.28. The summed E-state index contributed by atoms with van der Waals surface area (Å²) in [7, 11) is 0.